The molecule has 0 heterocycles. The summed E-state index contributed by atoms with van der Waals surface area (Å²) in [6.45, 7) is 4.67. The predicted molar refractivity (Wildman–Crippen MR) is 91.5 cm³/mol. The van der Waals surface area contributed by atoms with E-state index in [2.05, 4.69) is 13.8 Å². The third kappa shape index (κ3) is 4.98. The molecule has 124 valence electrons. The summed E-state index contributed by atoms with van der Waals surface area (Å²) in [4.78, 5) is 0. The van der Waals surface area contributed by atoms with Crippen LogP contribution >= 0.6 is 0 Å². The average Bonchev–Trinajstić information content (AvgIpc) is 2.55. The Kier molecular flexibility index (Phi) is 7.57. The van der Waals surface area contributed by atoms with Crippen LogP contribution in [0.25, 0.3) is 0 Å². The van der Waals surface area contributed by atoms with Crippen LogP contribution < -0.4 is 0 Å². The van der Waals surface area contributed by atoms with Gasteiger partial charge in [0.1, 0.15) is 0 Å². The van der Waals surface area contributed by atoms with E-state index in [1.54, 1.807) is 0 Å². The molecular formula is C20H38O. The molecule has 2 aliphatic rings. The van der Waals surface area contributed by atoms with Gasteiger partial charge in [0.15, 0.2) is 0 Å². The number of rotatable bonds is 7. The van der Waals surface area contributed by atoms with Crippen LogP contribution in [0.2, 0.25) is 0 Å². The van der Waals surface area contributed by atoms with Crippen molar-refractivity contribution in [3.63, 3.8) is 0 Å². The molecule has 2 aliphatic carbocycles. The second-order valence-corrected chi connectivity index (χ2v) is 7.79. The van der Waals surface area contributed by atoms with Crippen LogP contribution in [0.1, 0.15) is 90.9 Å². The Morgan fingerprint density at radius 2 is 1.57 bits per heavy atom. The van der Waals surface area contributed by atoms with E-state index in [0.717, 1.165) is 23.7 Å². The van der Waals surface area contributed by atoms with E-state index in [1.807, 2.05) is 7.11 Å². The minimum absolute atomic E-state index is 0.552. The second-order valence-electron chi connectivity index (χ2n) is 7.79. The summed E-state index contributed by atoms with van der Waals surface area (Å²) in [5.41, 5.74) is 0. The fourth-order valence-electron chi connectivity index (χ4n) is 5.07. The van der Waals surface area contributed by atoms with E-state index in [-0.39, 0.29) is 0 Å². The van der Waals surface area contributed by atoms with Crippen molar-refractivity contribution < 1.29 is 4.74 Å². The summed E-state index contributed by atoms with van der Waals surface area (Å²) in [5, 5.41) is 0. The zero-order valence-electron chi connectivity index (χ0n) is 14.8. The summed E-state index contributed by atoms with van der Waals surface area (Å²) in [7, 11) is 1.91. The molecule has 1 heteroatoms. The maximum absolute atomic E-state index is 5.70. The third-order valence-electron chi connectivity index (χ3n) is 6.55. The molecule has 0 amide bonds. The summed E-state index contributed by atoms with van der Waals surface area (Å²) in [5.74, 6) is 3.94. The van der Waals surface area contributed by atoms with Gasteiger partial charge < -0.3 is 4.74 Å². The van der Waals surface area contributed by atoms with Crippen molar-refractivity contribution in [2.45, 2.75) is 97.0 Å². The second kappa shape index (κ2) is 9.18. The van der Waals surface area contributed by atoms with Crippen LogP contribution in [0, 0.1) is 23.7 Å². The molecule has 0 aromatic heterocycles. The first-order valence-electron chi connectivity index (χ1n) is 9.81. The van der Waals surface area contributed by atoms with Crippen molar-refractivity contribution in [3.8, 4) is 0 Å². The fraction of sp³-hybridized carbons (Fsp3) is 1.00. The Balaban J connectivity index is 1.72. The Hall–Kier alpha value is -0.0400. The largest absolute Gasteiger partial charge is 0.381 e. The van der Waals surface area contributed by atoms with Crippen molar-refractivity contribution >= 4 is 0 Å². The molecule has 0 spiro atoms. The van der Waals surface area contributed by atoms with Gasteiger partial charge in [-0.1, -0.05) is 58.8 Å². The smallest absolute Gasteiger partial charge is 0.0599 e. The topological polar surface area (TPSA) is 9.23 Å². The van der Waals surface area contributed by atoms with Crippen molar-refractivity contribution in [1.82, 2.24) is 0 Å². The first-order chi connectivity index (χ1) is 10.3. The Labute approximate surface area is 133 Å². The van der Waals surface area contributed by atoms with Gasteiger partial charge in [-0.05, 0) is 55.8 Å². The lowest BCUT2D eigenvalue weighted by Gasteiger charge is -2.41. The number of methoxy groups -OCH3 is 1. The van der Waals surface area contributed by atoms with Crippen LogP contribution in [-0.2, 0) is 4.74 Å². The van der Waals surface area contributed by atoms with Crippen LogP contribution in [0.5, 0.6) is 0 Å². The summed E-state index contributed by atoms with van der Waals surface area (Å²) < 4.78 is 5.70. The van der Waals surface area contributed by atoms with E-state index < -0.39 is 0 Å². The minimum atomic E-state index is 0.552. The van der Waals surface area contributed by atoms with Crippen molar-refractivity contribution in [2.75, 3.05) is 7.11 Å². The van der Waals surface area contributed by atoms with E-state index in [0.29, 0.717) is 6.10 Å². The number of hydrogen-bond acceptors (Lipinski definition) is 1. The molecule has 2 saturated carbocycles. The lowest BCUT2D eigenvalue weighted by atomic mass is 9.67. The molecule has 0 aliphatic heterocycles. The lowest BCUT2D eigenvalue weighted by molar-refractivity contribution is -0.00838. The monoisotopic (exact) mass is 294 g/mol. The predicted octanol–water partition coefficient (Wildman–Crippen LogP) is 6.21. The molecule has 1 unspecified atom stereocenters. The molecule has 0 bridgehead atoms. The maximum atomic E-state index is 5.70. The molecule has 0 aromatic carbocycles. The SMILES string of the molecule is CCCCCC1CCC(C2CC[C@@H](OC)[C@H](CC)C2)CC1. The zero-order chi connectivity index (χ0) is 15.1. The molecule has 2 fully saturated rings. The third-order valence-corrected chi connectivity index (χ3v) is 6.55. The van der Waals surface area contributed by atoms with Gasteiger partial charge in [0, 0.05) is 7.11 Å². The van der Waals surface area contributed by atoms with Gasteiger partial charge in [-0.15, -0.1) is 0 Å². The van der Waals surface area contributed by atoms with Gasteiger partial charge in [-0.3, -0.25) is 0 Å². The van der Waals surface area contributed by atoms with Gasteiger partial charge in [-0.2, -0.15) is 0 Å². The highest BCUT2D eigenvalue weighted by atomic mass is 16.5. The van der Waals surface area contributed by atoms with Gasteiger partial charge in [0.2, 0.25) is 0 Å². The molecule has 3 atom stereocenters. The van der Waals surface area contributed by atoms with E-state index >= 15 is 0 Å². The first kappa shape index (κ1) is 17.3. The normalized spacial score (nSPS) is 37.6. The van der Waals surface area contributed by atoms with E-state index in [4.69, 9.17) is 4.74 Å². The number of hydrogen-bond donors (Lipinski definition) is 0. The highest BCUT2D eigenvalue weighted by Gasteiger charge is 2.34. The highest BCUT2D eigenvalue weighted by molar-refractivity contribution is 4.86. The molecule has 1 nitrogen and oxygen atoms in total. The van der Waals surface area contributed by atoms with Gasteiger partial charge in [0.05, 0.1) is 6.10 Å². The molecule has 0 aromatic rings. The van der Waals surface area contributed by atoms with Crippen LogP contribution in [0.4, 0.5) is 0 Å². The maximum Gasteiger partial charge on any atom is 0.0599 e. The van der Waals surface area contributed by atoms with E-state index in [9.17, 15) is 0 Å². The van der Waals surface area contributed by atoms with Gasteiger partial charge >= 0.3 is 0 Å². The first-order valence-corrected chi connectivity index (χ1v) is 9.81. The molecule has 0 N–H and O–H groups in total. The van der Waals surface area contributed by atoms with Crippen molar-refractivity contribution in [1.29, 1.82) is 0 Å². The van der Waals surface area contributed by atoms with Crippen LogP contribution in [0.3, 0.4) is 0 Å². The molecular weight excluding hydrogens is 256 g/mol. The minimum Gasteiger partial charge on any atom is -0.381 e. The summed E-state index contributed by atoms with van der Waals surface area (Å²) in [6.07, 6.45) is 17.9. The molecule has 21 heavy (non-hydrogen) atoms. The van der Waals surface area contributed by atoms with Crippen molar-refractivity contribution in [3.05, 3.63) is 0 Å². The Bertz CT molecular complexity index is 267. The quantitative estimate of drug-likeness (QED) is 0.507. The summed E-state index contributed by atoms with van der Waals surface area (Å²) >= 11 is 0. The van der Waals surface area contributed by atoms with Crippen LogP contribution in [-0.4, -0.2) is 13.2 Å². The van der Waals surface area contributed by atoms with E-state index in [1.165, 1.54) is 77.0 Å². The lowest BCUT2D eigenvalue weighted by Crippen LogP contribution is -2.34. The fourth-order valence-corrected chi connectivity index (χ4v) is 5.07. The average molecular weight is 295 g/mol. The Morgan fingerprint density at radius 3 is 2.19 bits per heavy atom. The van der Waals surface area contributed by atoms with Gasteiger partial charge in [-0.25, -0.2) is 0 Å². The van der Waals surface area contributed by atoms with Crippen LogP contribution in [0.15, 0.2) is 0 Å². The molecule has 0 saturated heterocycles. The molecule has 0 radical (unpaired) electrons. The Morgan fingerprint density at radius 1 is 0.857 bits per heavy atom. The highest BCUT2D eigenvalue weighted by Crippen LogP contribution is 2.43. The number of ether oxygens (including phenoxy) is 1. The zero-order valence-corrected chi connectivity index (χ0v) is 14.8. The number of unbranched alkanes of at least 4 members (excludes halogenated alkanes) is 2. The van der Waals surface area contributed by atoms with Gasteiger partial charge in [0.25, 0.3) is 0 Å². The standard InChI is InChI=1S/C20H38O/c1-4-6-7-8-16-9-11-18(12-10-16)19-13-14-20(21-3)17(5-2)15-19/h16-20H,4-15H2,1-3H3/t16?,17-,18?,19?,20-/m1/s1. The molecule has 2 rings (SSSR count). The van der Waals surface area contributed by atoms with Crippen molar-refractivity contribution in [2.24, 2.45) is 23.7 Å². The summed E-state index contributed by atoms with van der Waals surface area (Å²) in [6, 6.07) is 0.